The van der Waals surface area contributed by atoms with Crippen molar-refractivity contribution in [2.24, 2.45) is 0 Å². The van der Waals surface area contributed by atoms with E-state index < -0.39 is 0 Å². The van der Waals surface area contributed by atoms with Gasteiger partial charge in [0.15, 0.2) is 0 Å². The highest BCUT2D eigenvalue weighted by Gasteiger charge is 2.25. The van der Waals surface area contributed by atoms with Gasteiger partial charge in [-0.3, -0.25) is 4.79 Å². The minimum Gasteiger partial charge on any atom is -0.470 e. The van der Waals surface area contributed by atoms with E-state index in [0.29, 0.717) is 13.0 Å². The van der Waals surface area contributed by atoms with Gasteiger partial charge in [0, 0.05) is 25.4 Å². The summed E-state index contributed by atoms with van der Waals surface area (Å²) in [4.78, 5) is 22.4. The van der Waals surface area contributed by atoms with Gasteiger partial charge in [0.25, 0.3) is 5.88 Å². The number of nitriles is 1. The van der Waals surface area contributed by atoms with Crippen LogP contribution in [0.25, 0.3) is 0 Å². The summed E-state index contributed by atoms with van der Waals surface area (Å²) in [5, 5.41) is 9.07. The van der Waals surface area contributed by atoms with Gasteiger partial charge in [0.1, 0.15) is 12.2 Å². The molecule has 1 aromatic carbocycles. The normalized spacial score (nSPS) is 16.9. The first kappa shape index (κ1) is 16.9. The molecule has 0 radical (unpaired) electrons. The van der Waals surface area contributed by atoms with Crippen molar-refractivity contribution in [1.29, 1.82) is 5.26 Å². The Morgan fingerprint density at radius 2 is 2.08 bits per heavy atom. The smallest absolute Gasteiger partial charge is 0.251 e. The summed E-state index contributed by atoms with van der Waals surface area (Å²) in [6.07, 6.45) is 5.76. The fraction of sp³-hybridized carbons (Fsp3) is 0.368. The Morgan fingerprint density at radius 1 is 1.28 bits per heavy atom. The van der Waals surface area contributed by atoms with Crippen LogP contribution in [0.5, 0.6) is 5.88 Å². The van der Waals surface area contributed by atoms with Gasteiger partial charge in [-0.25, -0.2) is 9.97 Å². The maximum Gasteiger partial charge on any atom is 0.251 e. The second kappa shape index (κ2) is 8.25. The average molecular weight is 336 g/mol. The van der Waals surface area contributed by atoms with E-state index in [2.05, 4.69) is 9.97 Å². The summed E-state index contributed by atoms with van der Waals surface area (Å²) in [5.74, 6) is 0.380. The summed E-state index contributed by atoms with van der Waals surface area (Å²) in [7, 11) is 0. The minimum atomic E-state index is -0.154. The number of hydrogen-bond donors (Lipinski definition) is 0. The lowest BCUT2D eigenvalue weighted by Crippen LogP contribution is -2.44. The van der Waals surface area contributed by atoms with Gasteiger partial charge in [0.2, 0.25) is 11.6 Å². The van der Waals surface area contributed by atoms with Crippen LogP contribution in [0.15, 0.2) is 42.7 Å². The lowest BCUT2D eigenvalue weighted by molar-refractivity contribution is -0.133. The molecule has 1 atom stereocenters. The topological polar surface area (TPSA) is 79.1 Å². The van der Waals surface area contributed by atoms with Crippen molar-refractivity contribution in [3.8, 4) is 11.9 Å². The van der Waals surface area contributed by atoms with Crippen LogP contribution < -0.4 is 4.74 Å². The molecule has 0 spiro atoms. The molecule has 1 fully saturated rings. The highest BCUT2D eigenvalue weighted by Crippen LogP contribution is 2.19. The quantitative estimate of drug-likeness (QED) is 0.837. The zero-order chi connectivity index (χ0) is 17.5. The largest absolute Gasteiger partial charge is 0.470 e. The van der Waals surface area contributed by atoms with Crippen LogP contribution in [0.1, 0.15) is 30.5 Å². The third kappa shape index (κ3) is 4.54. The Hall–Kier alpha value is -2.94. The SMILES string of the molecule is N#Cc1nccnc1OC1CCCN(C(=O)CCc2ccccc2)C1. The van der Waals surface area contributed by atoms with Gasteiger partial charge < -0.3 is 9.64 Å². The van der Waals surface area contributed by atoms with E-state index in [9.17, 15) is 4.79 Å². The van der Waals surface area contributed by atoms with E-state index in [1.165, 1.54) is 18.0 Å². The number of piperidine rings is 1. The summed E-state index contributed by atoms with van der Waals surface area (Å²) in [6, 6.07) is 12.0. The number of likely N-dealkylation sites (tertiary alicyclic amines) is 1. The van der Waals surface area contributed by atoms with Crippen molar-refractivity contribution in [2.75, 3.05) is 13.1 Å². The van der Waals surface area contributed by atoms with Crippen molar-refractivity contribution >= 4 is 5.91 Å². The highest BCUT2D eigenvalue weighted by atomic mass is 16.5. The lowest BCUT2D eigenvalue weighted by atomic mass is 10.1. The number of aryl methyl sites for hydroxylation is 1. The monoisotopic (exact) mass is 336 g/mol. The number of carbonyl (C=O) groups excluding carboxylic acids is 1. The highest BCUT2D eigenvalue weighted by molar-refractivity contribution is 5.76. The molecule has 0 aliphatic carbocycles. The van der Waals surface area contributed by atoms with Gasteiger partial charge in [-0.1, -0.05) is 30.3 Å². The van der Waals surface area contributed by atoms with Crippen LogP contribution in [0.4, 0.5) is 0 Å². The molecule has 0 N–H and O–H groups in total. The zero-order valence-electron chi connectivity index (χ0n) is 14.0. The number of ether oxygens (including phenoxy) is 1. The van der Waals surface area contributed by atoms with Crippen LogP contribution in [0.3, 0.4) is 0 Å². The van der Waals surface area contributed by atoms with Crippen LogP contribution in [0.2, 0.25) is 0 Å². The molecule has 6 heteroatoms. The number of hydrogen-bond acceptors (Lipinski definition) is 5. The number of aromatic nitrogens is 2. The molecular formula is C19H20N4O2. The van der Waals surface area contributed by atoms with E-state index in [1.807, 2.05) is 41.3 Å². The third-order valence-electron chi connectivity index (χ3n) is 4.25. The summed E-state index contributed by atoms with van der Waals surface area (Å²) < 4.78 is 5.83. The second-order valence-corrected chi connectivity index (χ2v) is 6.03. The summed E-state index contributed by atoms with van der Waals surface area (Å²) in [5.41, 5.74) is 1.34. The lowest BCUT2D eigenvalue weighted by Gasteiger charge is -2.32. The molecule has 0 bridgehead atoms. The van der Waals surface area contributed by atoms with Gasteiger partial charge in [0.05, 0.1) is 6.54 Å². The van der Waals surface area contributed by atoms with E-state index in [0.717, 1.165) is 25.8 Å². The number of carbonyl (C=O) groups is 1. The van der Waals surface area contributed by atoms with Crippen LogP contribution in [0, 0.1) is 11.3 Å². The predicted octanol–water partition coefficient (Wildman–Crippen LogP) is 2.35. The molecule has 1 aliphatic heterocycles. The molecule has 2 aromatic rings. The average Bonchev–Trinajstić information content (AvgIpc) is 2.67. The van der Waals surface area contributed by atoms with Crippen LogP contribution >= 0.6 is 0 Å². The Labute approximate surface area is 147 Å². The van der Waals surface area contributed by atoms with Crippen molar-refractivity contribution in [3.05, 3.63) is 54.0 Å². The van der Waals surface area contributed by atoms with Crippen molar-refractivity contribution < 1.29 is 9.53 Å². The molecular weight excluding hydrogens is 316 g/mol. The molecule has 3 rings (SSSR count). The molecule has 1 unspecified atom stereocenters. The first-order valence-corrected chi connectivity index (χ1v) is 8.45. The molecule has 1 amide bonds. The maximum absolute atomic E-state index is 12.5. The van der Waals surface area contributed by atoms with Crippen molar-refractivity contribution in [3.63, 3.8) is 0 Å². The fourth-order valence-electron chi connectivity index (χ4n) is 2.96. The molecule has 1 aliphatic rings. The summed E-state index contributed by atoms with van der Waals surface area (Å²) >= 11 is 0. The first-order chi connectivity index (χ1) is 12.3. The van der Waals surface area contributed by atoms with E-state index in [1.54, 1.807) is 0 Å². The van der Waals surface area contributed by atoms with Crippen molar-refractivity contribution in [1.82, 2.24) is 14.9 Å². The Morgan fingerprint density at radius 3 is 2.88 bits per heavy atom. The fourth-order valence-corrected chi connectivity index (χ4v) is 2.96. The van der Waals surface area contributed by atoms with Gasteiger partial charge in [-0.15, -0.1) is 0 Å². The standard InChI is InChI=1S/C19H20N4O2/c20-13-17-19(22-11-10-21-17)25-16-7-4-12-23(14-16)18(24)9-8-15-5-2-1-3-6-15/h1-3,5-6,10-11,16H,4,7-9,12,14H2. The van der Waals surface area contributed by atoms with Crippen molar-refractivity contribution in [2.45, 2.75) is 31.8 Å². The number of rotatable bonds is 5. The Bertz CT molecular complexity index is 758. The number of nitrogens with zero attached hydrogens (tertiary/aromatic N) is 4. The van der Waals surface area contributed by atoms with E-state index >= 15 is 0 Å². The number of benzene rings is 1. The minimum absolute atomic E-state index is 0.136. The first-order valence-electron chi connectivity index (χ1n) is 8.45. The molecule has 128 valence electrons. The van der Waals surface area contributed by atoms with E-state index in [4.69, 9.17) is 10.00 Å². The van der Waals surface area contributed by atoms with Gasteiger partial charge in [-0.05, 0) is 24.8 Å². The third-order valence-corrected chi connectivity index (χ3v) is 4.25. The van der Waals surface area contributed by atoms with Gasteiger partial charge in [-0.2, -0.15) is 5.26 Å². The maximum atomic E-state index is 12.5. The molecule has 1 saturated heterocycles. The Kier molecular flexibility index (Phi) is 5.57. The number of amides is 1. The molecule has 1 aromatic heterocycles. The van der Waals surface area contributed by atoms with Crippen LogP contribution in [-0.4, -0.2) is 40.0 Å². The van der Waals surface area contributed by atoms with Gasteiger partial charge >= 0.3 is 0 Å². The summed E-state index contributed by atoms with van der Waals surface area (Å²) in [6.45, 7) is 1.27. The van der Waals surface area contributed by atoms with Crippen LogP contribution in [-0.2, 0) is 11.2 Å². The second-order valence-electron chi connectivity index (χ2n) is 6.03. The predicted molar refractivity (Wildman–Crippen MR) is 91.7 cm³/mol. The Balaban J connectivity index is 1.55. The molecule has 25 heavy (non-hydrogen) atoms. The zero-order valence-corrected chi connectivity index (χ0v) is 14.0. The molecule has 6 nitrogen and oxygen atoms in total. The van der Waals surface area contributed by atoms with E-state index in [-0.39, 0.29) is 23.6 Å². The molecule has 2 heterocycles. The molecule has 0 saturated carbocycles.